The fourth-order valence-electron chi connectivity index (χ4n) is 1.70. The average Bonchev–Trinajstić information content (AvgIpc) is 2.46. The highest BCUT2D eigenvalue weighted by molar-refractivity contribution is 7.89. The molecule has 0 aromatic heterocycles. The Kier molecular flexibility index (Phi) is 4.43. The van der Waals surface area contributed by atoms with Gasteiger partial charge in [0.15, 0.2) is 6.61 Å². The molecular weight excluding hydrogens is 300 g/mol. The number of fused-ring (bicyclic) bond motifs is 1. The Balaban J connectivity index is 2.11. The average molecular weight is 314 g/mol. The summed E-state index contributed by atoms with van der Waals surface area (Å²) in [6.07, 6.45) is -0.0689. The Labute approximate surface area is 121 Å². The number of hydrogen-bond donors (Lipinski definition) is 2. The zero-order valence-corrected chi connectivity index (χ0v) is 12.0. The van der Waals surface area contributed by atoms with Gasteiger partial charge in [-0.25, -0.2) is 13.1 Å². The molecule has 0 atom stereocenters. The van der Waals surface area contributed by atoms with Crippen LogP contribution >= 0.6 is 0 Å². The second-order valence-corrected chi connectivity index (χ2v) is 5.99. The third-order valence-corrected chi connectivity index (χ3v) is 4.20. The topological polar surface area (TPSA) is 111 Å². The van der Waals surface area contributed by atoms with E-state index in [-0.39, 0.29) is 30.4 Å². The van der Waals surface area contributed by atoms with Crippen molar-refractivity contribution in [1.29, 1.82) is 0 Å². The van der Waals surface area contributed by atoms with Crippen LogP contribution in [-0.2, 0) is 24.3 Å². The summed E-state index contributed by atoms with van der Waals surface area (Å²) < 4.78 is 35.9. The molecule has 114 valence electrons. The van der Waals surface area contributed by atoms with Crippen molar-refractivity contribution in [2.24, 2.45) is 0 Å². The summed E-state index contributed by atoms with van der Waals surface area (Å²) in [5.41, 5.74) is 0.294. The molecule has 1 aromatic rings. The van der Waals surface area contributed by atoms with Gasteiger partial charge in [0.2, 0.25) is 10.0 Å². The number of methoxy groups -OCH3 is 1. The Bertz CT molecular complexity index is 670. The maximum absolute atomic E-state index is 12.1. The van der Waals surface area contributed by atoms with E-state index in [0.717, 1.165) is 0 Å². The van der Waals surface area contributed by atoms with Crippen LogP contribution in [0, 0.1) is 0 Å². The Morgan fingerprint density at radius 1 is 1.48 bits per heavy atom. The van der Waals surface area contributed by atoms with Crippen molar-refractivity contribution < 1.29 is 27.5 Å². The predicted molar refractivity (Wildman–Crippen MR) is 72.4 cm³/mol. The van der Waals surface area contributed by atoms with Gasteiger partial charge in [-0.05, 0) is 18.2 Å². The molecule has 0 spiro atoms. The minimum Gasteiger partial charge on any atom is -0.482 e. The Hall–Kier alpha value is -2.13. The molecule has 0 saturated carbocycles. The number of rotatable bonds is 5. The van der Waals surface area contributed by atoms with E-state index >= 15 is 0 Å². The summed E-state index contributed by atoms with van der Waals surface area (Å²) in [5, 5.41) is 2.53. The molecule has 1 aromatic carbocycles. The lowest BCUT2D eigenvalue weighted by Crippen LogP contribution is -2.28. The van der Waals surface area contributed by atoms with Gasteiger partial charge in [0.1, 0.15) is 5.75 Å². The first-order valence-corrected chi connectivity index (χ1v) is 7.54. The largest absolute Gasteiger partial charge is 0.482 e. The van der Waals surface area contributed by atoms with Crippen molar-refractivity contribution in [2.75, 3.05) is 25.6 Å². The first-order chi connectivity index (χ1) is 9.92. The maximum Gasteiger partial charge on any atom is 0.306 e. The second kappa shape index (κ2) is 6.10. The smallest absolute Gasteiger partial charge is 0.306 e. The fraction of sp³-hybridized carbons (Fsp3) is 0.333. The van der Waals surface area contributed by atoms with E-state index in [2.05, 4.69) is 14.8 Å². The summed E-state index contributed by atoms with van der Waals surface area (Å²) in [6, 6.07) is 4.12. The highest BCUT2D eigenvalue weighted by atomic mass is 32.2. The van der Waals surface area contributed by atoms with Crippen LogP contribution in [0.25, 0.3) is 0 Å². The summed E-state index contributed by atoms with van der Waals surface area (Å²) >= 11 is 0. The third kappa shape index (κ3) is 3.70. The number of nitrogens with one attached hydrogen (secondary N) is 2. The highest BCUT2D eigenvalue weighted by Crippen LogP contribution is 2.29. The molecule has 0 saturated heterocycles. The van der Waals surface area contributed by atoms with Crippen LogP contribution in [0.15, 0.2) is 23.1 Å². The maximum atomic E-state index is 12.1. The quantitative estimate of drug-likeness (QED) is 0.732. The number of ether oxygens (including phenoxy) is 2. The lowest BCUT2D eigenvalue weighted by Gasteiger charge is -2.18. The highest BCUT2D eigenvalue weighted by Gasteiger charge is 2.20. The molecule has 0 aliphatic carbocycles. The Morgan fingerprint density at radius 2 is 2.24 bits per heavy atom. The van der Waals surface area contributed by atoms with Gasteiger partial charge in [-0.1, -0.05) is 0 Å². The molecule has 1 aliphatic heterocycles. The molecule has 1 heterocycles. The van der Waals surface area contributed by atoms with Crippen molar-refractivity contribution in [3.05, 3.63) is 18.2 Å². The minimum absolute atomic E-state index is 0.0306. The minimum atomic E-state index is -3.78. The molecule has 1 aliphatic rings. The summed E-state index contributed by atoms with van der Waals surface area (Å²) in [4.78, 5) is 22.1. The van der Waals surface area contributed by atoms with E-state index in [1.165, 1.54) is 25.3 Å². The first-order valence-electron chi connectivity index (χ1n) is 6.05. The van der Waals surface area contributed by atoms with Crippen molar-refractivity contribution >= 4 is 27.6 Å². The molecule has 9 heteroatoms. The zero-order valence-electron chi connectivity index (χ0n) is 11.2. The van der Waals surface area contributed by atoms with Crippen molar-refractivity contribution in [1.82, 2.24) is 4.72 Å². The van der Waals surface area contributed by atoms with Crippen LogP contribution in [0.3, 0.4) is 0 Å². The van der Waals surface area contributed by atoms with Crippen LogP contribution in [0.4, 0.5) is 5.69 Å². The van der Waals surface area contributed by atoms with E-state index in [9.17, 15) is 18.0 Å². The van der Waals surface area contributed by atoms with Crippen molar-refractivity contribution in [2.45, 2.75) is 11.3 Å². The lowest BCUT2D eigenvalue weighted by molar-refractivity contribution is -0.140. The van der Waals surface area contributed by atoms with Crippen LogP contribution < -0.4 is 14.8 Å². The van der Waals surface area contributed by atoms with Gasteiger partial charge in [-0.3, -0.25) is 9.59 Å². The van der Waals surface area contributed by atoms with E-state index in [1.54, 1.807) is 0 Å². The summed E-state index contributed by atoms with van der Waals surface area (Å²) in [5.74, 6) is -0.456. The van der Waals surface area contributed by atoms with Crippen LogP contribution in [0.2, 0.25) is 0 Å². The van der Waals surface area contributed by atoms with Gasteiger partial charge in [0, 0.05) is 6.54 Å². The molecule has 21 heavy (non-hydrogen) atoms. The summed E-state index contributed by atoms with van der Waals surface area (Å²) in [7, 11) is -2.55. The number of hydrogen-bond acceptors (Lipinski definition) is 6. The molecule has 1 amide bonds. The van der Waals surface area contributed by atoms with Crippen LogP contribution in [0.1, 0.15) is 6.42 Å². The van der Waals surface area contributed by atoms with Crippen molar-refractivity contribution in [3.63, 3.8) is 0 Å². The zero-order chi connectivity index (χ0) is 15.5. The number of carbonyl (C=O) groups is 2. The van der Waals surface area contributed by atoms with Crippen LogP contribution in [0.5, 0.6) is 5.75 Å². The van der Waals surface area contributed by atoms with Gasteiger partial charge >= 0.3 is 5.97 Å². The number of carbonyl (C=O) groups excluding carboxylic acids is 2. The second-order valence-electron chi connectivity index (χ2n) is 4.22. The van der Waals surface area contributed by atoms with Gasteiger partial charge < -0.3 is 14.8 Å². The normalized spacial score (nSPS) is 13.9. The monoisotopic (exact) mass is 314 g/mol. The molecule has 0 radical (unpaired) electrons. The summed E-state index contributed by atoms with van der Waals surface area (Å²) in [6.45, 7) is -0.175. The Morgan fingerprint density at radius 3 is 2.95 bits per heavy atom. The van der Waals surface area contributed by atoms with Crippen molar-refractivity contribution in [3.8, 4) is 5.75 Å². The molecule has 8 nitrogen and oxygen atoms in total. The molecule has 0 bridgehead atoms. The van der Waals surface area contributed by atoms with Gasteiger partial charge in [-0.2, -0.15) is 0 Å². The third-order valence-electron chi connectivity index (χ3n) is 2.74. The predicted octanol–water partition coefficient (Wildman–Crippen LogP) is -0.141. The number of sulfonamides is 1. The van der Waals surface area contributed by atoms with Gasteiger partial charge in [0.05, 0.1) is 24.1 Å². The number of benzene rings is 1. The van der Waals surface area contributed by atoms with E-state index in [1.807, 2.05) is 0 Å². The lowest BCUT2D eigenvalue weighted by atomic mass is 10.2. The van der Waals surface area contributed by atoms with E-state index in [0.29, 0.717) is 11.4 Å². The molecule has 2 rings (SSSR count). The van der Waals surface area contributed by atoms with E-state index < -0.39 is 16.0 Å². The number of amides is 1. The SMILES string of the molecule is COC(=O)CCNS(=O)(=O)c1ccc2c(c1)NC(=O)CO2. The fourth-order valence-corrected chi connectivity index (χ4v) is 2.76. The first kappa shape index (κ1) is 15.3. The molecular formula is C12H14N2O6S. The standard InChI is InChI=1S/C12H14N2O6S/c1-19-12(16)4-5-13-21(17,18)8-2-3-10-9(6-8)14-11(15)7-20-10/h2-3,6,13H,4-5,7H2,1H3,(H,14,15). The van der Waals surface area contributed by atoms with Crippen LogP contribution in [-0.4, -0.2) is 40.6 Å². The number of anilines is 1. The molecule has 0 fully saturated rings. The van der Waals surface area contributed by atoms with E-state index in [4.69, 9.17) is 4.74 Å². The molecule has 0 unspecified atom stereocenters. The van der Waals surface area contributed by atoms with Gasteiger partial charge in [0.25, 0.3) is 5.91 Å². The number of esters is 1. The van der Waals surface area contributed by atoms with Gasteiger partial charge in [-0.15, -0.1) is 0 Å². The molecule has 2 N–H and O–H groups in total.